The third-order valence-corrected chi connectivity index (χ3v) is 3.66. The number of allylic oxidation sites excluding steroid dienone is 1. The molecule has 0 aromatic rings. The Balaban J connectivity index is 1.97. The Morgan fingerprint density at radius 3 is 2.27 bits per heavy atom. The van der Waals surface area contributed by atoms with Crippen LogP contribution < -0.4 is 0 Å². The van der Waals surface area contributed by atoms with Crippen LogP contribution in [0.5, 0.6) is 0 Å². The van der Waals surface area contributed by atoms with E-state index in [1.807, 2.05) is 0 Å². The summed E-state index contributed by atoms with van der Waals surface area (Å²) in [6, 6.07) is 0. The van der Waals surface area contributed by atoms with Crippen LogP contribution in [0.25, 0.3) is 0 Å². The molecule has 0 bridgehead atoms. The molecule has 11 heavy (non-hydrogen) atoms. The van der Waals surface area contributed by atoms with Gasteiger partial charge >= 0.3 is 0 Å². The lowest BCUT2D eigenvalue weighted by Gasteiger charge is -2.41. The fourth-order valence-corrected chi connectivity index (χ4v) is 2.58. The van der Waals surface area contributed by atoms with Gasteiger partial charge in [0, 0.05) is 0 Å². The Morgan fingerprint density at radius 2 is 1.64 bits per heavy atom. The summed E-state index contributed by atoms with van der Waals surface area (Å²) in [5.74, 6) is 0. The monoisotopic (exact) mass is 150 g/mol. The molecule has 1 spiro atoms. The topological polar surface area (TPSA) is 0 Å². The molecule has 0 N–H and O–H groups in total. The number of hydrogen-bond acceptors (Lipinski definition) is 0. The van der Waals surface area contributed by atoms with Crippen molar-refractivity contribution >= 4 is 0 Å². The van der Waals surface area contributed by atoms with Crippen LogP contribution in [0.1, 0.15) is 51.4 Å². The summed E-state index contributed by atoms with van der Waals surface area (Å²) in [4.78, 5) is 0. The van der Waals surface area contributed by atoms with E-state index in [1.54, 1.807) is 0 Å². The van der Waals surface area contributed by atoms with Crippen molar-refractivity contribution in [2.24, 2.45) is 5.41 Å². The second-order valence-corrected chi connectivity index (χ2v) is 4.46. The van der Waals surface area contributed by atoms with Gasteiger partial charge < -0.3 is 0 Å². The van der Waals surface area contributed by atoms with Crippen LogP contribution in [0.15, 0.2) is 12.2 Å². The molecule has 2 fully saturated rings. The molecule has 62 valence electrons. The zero-order valence-corrected chi connectivity index (χ0v) is 7.36. The molecule has 0 saturated heterocycles. The Bertz CT molecular complexity index is 163. The minimum absolute atomic E-state index is 0.805. The molecule has 0 atom stereocenters. The van der Waals surface area contributed by atoms with Crippen molar-refractivity contribution < 1.29 is 0 Å². The average Bonchev–Trinajstić information content (AvgIpc) is 2.09. The molecule has 2 aliphatic rings. The molecule has 0 heteroatoms. The maximum atomic E-state index is 4.10. The van der Waals surface area contributed by atoms with Crippen LogP contribution in [0, 0.1) is 5.41 Å². The van der Waals surface area contributed by atoms with E-state index in [0.29, 0.717) is 0 Å². The lowest BCUT2D eigenvalue weighted by Crippen LogP contribution is -2.28. The molecule has 0 unspecified atom stereocenters. The molecule has 0 nitrogen and oxygen atoms in total. The maximum Gasteiger partial charge on any atom is -0.0294 e. The fraction of sp³-hybridized carbons (Fsp3) is 0.818. The lowest BCUT2D eigenvalue weighted by atomic mass is 9.64. The van der Waals surface area contributed by atoms with Gasteiger partial charge in [-0.15, -0.1) is 0 Å². The molecule has 0 radical (unpaired) electrons. The normalized spacial score (nSPS) is 29.6. The largest absolute Gasteiger partial charge is 0.0999 e. The van der Waals surface area contributed by atoms with E-state index in [4.69, 9.17) is 0 Å². The molecule has 0 aromatic heterocycles. The highest BCUT2D eigenvalue weighted by Gasteiger charge is 2.36. The summed E-state index contributed by atoms with van der Waals surface area (Å²) in [5, 5.41) is 0. The van der Waals surface area contributed by atoms with Crippen molar-refractivity contribution in [2.45, 2.75) is 51.4 Å². The Kier molecular flexibility index (Phi) is 1.78. The minimum atomic E-state index is 0.805. The van der Waals surface area contributed by atoms with Gasteiger partial charge in [-0.05, 0) is 50.4 Å². The SMILES string of the molecule is C=C1CCCC2(CCC2)CC1. The summed E-state index contributed by atoms with van der Waals surface area (Å²) in [6.45, 7) is 4.10. The molecule has 0 aliphatic heterocycles. The van der Waals surface area contributed by atoms with Crippen LogP contribution in [-0.2, 0) is 0 Å². The van der Waals surface area contributed by atoms with Gasteiger partial charge in [0.05, 0.1) is 0 Å². The lowest BCUT2D eigenvalue weighted by molar-refractivity contribution is 0.111. The highest BCUT2D eigenvalue weighted by atomic mass is 14.4. The van der Waals surface area contributed by atoms with Crippen molar-refractivity contribution in [2.75, 3.05) is 0 Å². The second kappa shape index (κ2) is 2.66. The first kappa shape index (κ1) is 7.39. The summed E-state index contributed by atoms with van der Waals surface area (Å²) in [6.07, 6.45) is 11.5. The summed E-state index contributed by atoms with van der Waals surface area (Å²) < 4.78 is 0. The van der Waals surface area contributed by atoms with Gasteiger partial charge in [0.15, 0.2) is 0 Å². The van der Waals surface area contributed by atoms with Gasteiger partial charge in [0.1, 0.15) is 0 Å². The standard InChI is InChI=1S/C11H18/c1-10-4-2-6-11(9-5-10)7-3-8-11/h1-9H2. The molecule has 0 heterocycles. The van der Waals surface area contributed by atoms with Gasteiger partial charge in [-0.3, -0.25) is 0 Å². The molecular formula is C11H18. The van der Waals surface area contributed by atoms with E-state index in [9.17, 15) is 0 Å². The summed E-state index contributed by atoms with van der Waals surface area (Å²) in [7, 11) is 0. The molecule has 2 aliphatic carbocycles. The van der Waals surface area contributed by atoms with Crippen LogP contribution in [0.4, 0.5) is 0 Å². The zero-order chi connectivity index (χ0) is 7.73. The first-order valence-corrected chi connectivity index (χ1v) is 4.97. The van der Waals surface area contributed by atoms with Gasteiger partial charge in [-0.1, -0.05) is 18.6 Å². The average molecular weight is 150 g/mol. The highest BCUT2D eigenvalue weighted by Crippen LogP contribution is 2.50. The van der Waals surface area contributed by atoms with E-state index >= 15 is 0 Å². The quantitative estimate of drug-likeness (QED) is 0.462. The Labute approximate surface area is 69.7 Å². The van der Waals surface area contributed by atoms with Crippen LogP contribution in [0.2, 0.25) is 0 Å². The smallest absolute Gasteiger partial charge is 0.0294 e. The Hall–Kier alpha value is -0.260. The molecule has 2 saturated carbocycles. The van der Waals surface area contributed by atoms with E-state index in [0.717, 1.165) is 5.41 Å². The van der Waals surface area contributed by atoms with E-state index in [-0.39, 0.29) is 0 Å². The van der Waals surface area contributed by atoms with E-state index in [2.05, 4.69) is 6.58 Å². The molecule has 0 amide bonds. The first-order valence-electron chi connectivity index (χ1n) is 4.97. The van der Waals surface area contributed by atoms with Crippen molar-refractivity contribution in [3.8, 4) is 0 Å². The fourth-order valence-electron chi connectivity index (χ4n) is 2.58. The molecular weight excluding hydrogens is 132 g/mol. The van der Waals surface area contributed by atoms with Crippen LogP contribution >= 0.6 is 0 Å². The first-order chi connectivity index (χ1) is 5.31. The predicted molar refractivity (Wildman–Crippen MR) is 48.5 cm³/mol. The predicted octanol–water partition coefficient (Wildman–Crippen LogP) is 3.68. The van der Waals surface area contributed by atoms with Gasteiger partial charge in [-0.2, -0.15) is 0 Å². The van der Waals surface area contributed by atoms with Crippen molar-refractivity contribution in [3.63, 3.8) is 0 Å². The third-order valence-electron chi connectivity index (χ3n) is 3.66. The minimum Gasteiger partial charge on any atom is -0.0999 e. The van der Waals surface area contributed by atoms with Gasteiger partial charge in [-0.25, -0.2) is 0 Å². The molecule has 2 rings (SSSR count). The van der Waals surface area contributed by atoms with E-state index in [1.165, 1.54) is 56.9 Å². The van der Waals surface area contributed by atoms with Gasteiger partial charge in [0.25, 0.3) is 0 Å². The number of rotatable bonds is 0. The zero-order valence-electron chi connectivity index (χ0n) is 7.36. The van der Waals surface area contributed by atoms with Crippen LogP contribution in [-0.4, -0.2) is 0 Å². The summed E-state index contributed by atoms with van der Waals surface area (Å²) >= 11 is 0. The highest BCUT2D eigenvalue weighted by molar-refractivity contribution is 5.01. The third kappa shape index (κ3) is 1.36. The van der Waals surface area contributed by atoms with Crippen molar-refractivity contribution in [3.05, 3.63) is 12.2 Å². The number of hydrogen-bond donors (Lipinski definition) is 0. The van der Waals surface area contributed by atoms with Crippen molar-refractivity contribution in [1.82, 2.24) is 0 Å². The molecule has 0 aromatic carbocycles. The van der Waals surface area contributed by atoms with E-state index < -0.39 is 0 Å². The summed E-state index contributed by atoms with van der Waals surface area (Å²) in [5.41, 5.74) is 2.31. The van der Waals surface area contributed by atoms with Crippen molar-refractivity contribution in [1.29, 1.82) is 0 Å². The van der Waals surface area contributed by atoms with Crippen LogP contribution in [0.3, 0.4) is 0 Å². The Morgan fingerprint density at radius 1 is 0.909 bits per heavy atom. The van der Waals surface area contributed by atoms with Gasteiger partial charge in [0.2, 0.25) is 0 Å². The maximum absolute atomic E-state index is 4.10. The second-order valence-electron chi connectivity index (χ2n) is 4.46.